The lowest BCUT2D eigenvalue weighted by molar-refractivity contribution is 0.0692. The lowest BCUT2D eigenvalue weighted by Crippen LogP contribution is -2.35. The first-order valence-electron chi connectivity index (χ1n) is 6.08. The summed E-state index contributed by atoms with van der Waals surface area (Å²) >= 11 is 0. The minimum absolute atomic E-state index is 0.0837. The van der Waals surface area contributed by atoms with E-state index >= 15 is 0 Å². The molecule has 0 saturated heterocycles. The minimum Gasteiger partial charge on any atom is -0.478 e. The summed E-state index contributed by atoms with van der Waals surface area (Å²) in [5.41, 5.74) is 5.29. The Morgan fingerprint density at radius 1 is 1.35 bits per heavy atom. The number of carboxylic acids is 1. The molecule has 1 aromatic carbocycles. The Bertz CT molecular complexity index is 580. The van der Waals surface area contributed by atoms with Crippen LogP contribution in [0.1, 0.15) is 23.7 Å². The third-order valence-electron chi connectivity index (χ3n) is 2.67. The molecule has 0 radical (unpaired) electrons. The number of rotatable bonds is 7. The number of aromatic carboxylic acids is 1. The van der Waals surface area contributed by atoms with E-state index in [1.165, 1.54) is 12.1 Å². The highest BCUT2D eigenvalue weighted by molar-refractivity contribution is 7.89. The Labute approximate surface area is 117 Å². The van der Waals surface area contributed by atoms with Gasteiger partial charge in [0.05, 0.1) is 17.1 Å². The Morgan fingerprint density at radius 3 is 2.50 bits per heavy atom. The highest BCUT2D eigenvalue weighted by Gasteiger charge is 2.28. The number of nitrogens with two attached hydrogens (primary N) is 1. The molecule has 0 aliphatic carbocycles. The number of benzene rings is 1. The lowest BCUT2D eigenvalue weighted by atomic mass is 10.2. The van der Waals surface area contributed by atoms with Gasteiger partial charge < -0.3 is 15.9 Å². The second-order valence-electron chi connectivity index (χ2n) is 4.19. The maximum atomic E-state index is 12.5. The summed E-state index contributed by atoms with van der Waals surface area (Å²) in [6, 6.07) is 3.62. The normalized spacial score (nSPS) is 11.8. The van der Waals surface area contributed by atoms with Gasteiger partial charge in [0, 0.05) is 18.8 Å². The Hall–Kier alpha value is -1.64. The second kappa shape index (κ2) is 6.69. The summed E-state index contributed by atoms with van der Waals surface area (Å²) in [7, 11) is -3.98. The van der Waals surface area contributed by atoms with Crippen LogP contribution in [-0.4, -0.2) is 48.6 Å². The average Bonchev–Trinajstić information content (AvgIpc) is 2.38. The van der Waals surface area contributed by atoms with Crippen molar-refractivity contribution in [3.8, 4) is 0 Å². The second-order valence-corrected chi connectivity index (χ2v) is 6.09. The number of carboxylic acid groups (broad SMARTS) is 1. The van der Waals surface area contributed by atoms with Crippen LogP contribution >= 0.6 is 0 Å². The zero-order chi connectivity index (χ0) is 15.3. The van der Waals surface area contributed by atoms with Gasteiger partial charge in [-0.05, 0) is 24.6 Å². The quantitative estimate of drug-likeness (QED) is 0.625. The molecule has 0 saturated carbocycles. The maximum Gasteiger partial charge on any atom is 0.337 e. The number of carbonyl (C=O) groups is 1. The molecule has 0 aliphatic heterocycles. The molecule has 20 heavy (non-hydrogen) atoms. The van der Waals surface area contributed by atoms with Crippen molar-refractivity contribution in [3.05, 3.63) is 23.8 Å². The summed E-state index contributed by atoms with van der Waals surface area (Å²) in [5, 5.41) is 18.1. The van der Waals surface area contributed by atoms with Gasteiger partial charge in [-0.15, -0.1) is 0 Å². The van der Waals surface area contributed by atoms with Crippen LogP contribution in [0.3, 0.4) is 0 Å². The van der Waals surface area contributed by atoms with Crippen molar-refractivity contribution in [1.29, 1.82) is 0 Å². The smallest absolute Gasteiger partial charge is 0.337 e. The van der Waals surface area contributed by atoms with E-state index in [4.69, 9.17) is 15.9 Å². The third-order valence-corrected chi connectivity index (χ3v) is 4.63. The number of sulfonamides is 1. The van der Waals surface area contributed by atoms with E-state index in [1.54, 1.807) is 6.92 Å². The summed E-state index contributed by atoms with van der Waals surface area (Å²) in [6.07, 6.45) is 0.552. The molecular weight excluding hydrogens is 284 g/mol. The van der Waals surface area contributed by atoms with Gasteiger partial charge in [-0.2, -0.15) is 4.31 Å². The van der Waals surface area contributed by atoms with E-state index in [9.17, 15) is 13.2 Å². The minimum atomic E-state index is -3.98. The molecule has 0 bridgehead atoms. The summed E-state index contributed by atoms with van der Waals surface area (Å²) in [6.45, 7) is 1.57. The number of hydrogen-bond acceptors (Lipinski definition) is 5. The van der Waals surface area contributed by atoms with Crippen molar-refractivity contribution in [1.82, 2.24) is 4.31 Å². The van der Waals surface area contributed by atoms with Crippen molar-refractivity contribution >= 4 is 21.7 Å². The number of anilines is 1. The zero-order valence-corrected chi connectivity index (χ0v) is 11.9. The van der Waals surface area contributed by atoms with E-state index in [0.29, 0.717) is 6.42 Å². The highest BCUT2D eigenvalue weighted by atomic mass is 32.2. The van der Waals surface area contributed by atoms with Gasteiger partial charge in [0.25, 0.3) is 0 Å². The van der Waals surface area contributed by atoms with Crippen molar-refractivity contribution in [2.24, 2.45) is 0 Å². The Kier molecular flexibility index (Phi) is 5.49. The Balaban J connectivity index is 3.36. The van der Waals surface area contributed by atoms with Gasteiger partial charge in [-0.1, -0.05) is 6.92 Å². The van der Waals surface area contributed by atoms with E-state index in [0.717, 1.165) is 10.4 Å². The molecule has 1 aromatic rings. The van der Waals surface area contributed by atoms with Crippen molar-refractivity contribution < 1.29 is 23.4 Å². The fourth-order valence-corrected chi connectivity index (χ4v) is 3.48. The van der Waals surface area contributed by atoms with Gasteiger partial charge >= 0.3 is 5.97 Å². The number of nitrogen functional groups attached to an aromatic ring is 1. The highest BCUT2D eigenvalue weighted by Crippen LogP contribution is 2.23. The molecule has 0 heterocycles. The van der Waals surface area contributed by atoms with Crippen LogP contribution in [0.5, 0.6) is 0 Å². The van der Waals surface area contributed by atoms with Gasteiger partial charge in [0.15, 0.2) is 0 Å². The first-order chi connectivity index (χ1) is 9.34. The van der Waals surface area contributed by atoms with Crippen LogP contribution in [0.25, 0.3) is 0 Å². The monoisotopic (exact) mass is 302 g/mol. The number of nitrogens with zero attached hydrogens (tertiary/aromatic N) is 1. The molecule has 0 aromatic heterocycles. The molecule has 0 unspecified atom stereocenters. The number of aliphatic hydroxyl groups is 1. The summed E-state index contributed by atoms with van der Waals surface area (Å²) in [4.78, 5) is 10.9. The molecule has 0 fully saturated rings. The fourth-order valence-electron chi connectivity index (χ4n) is 1.79. The van der Waals surface area contributed by atoms with Gasteiger partial charge in [-0.3, -0.25) is 0 Å². The van der Waals surface area contributed by atoms with Crippen LogP contribution in [0.15, 0.2) is 23.1 Å². The zero-order valence-electron chi connectivity index (χ0n) is 11.1. The topological polar surface area (TPSA) is 121 Å². The predicted molar refractivity (Wildman–Crippen MR) is 73.9 cm³/mol. The summed E-state index contributed by atoms with van der Waals surface area (Å²) < 4.78 is 26.0. The van der Waals surface area contributed by atoms with Crippen LogP contribution in [0, 0.1) is 0 Å². The largest absolute Gasteiger partial charge is 0.478 e. The third kappa shape index (κ3) is 3.47. The average molecular weight is 302 g/mol. The molecule has 4 N–H and O–H groups in total. The van der Waals surface area contributed by atoms with E-state index in [1.807, 2.05) is 0 Å². The molecule has 8 heteroatoms. The number of aliphatic hydroxyl groups excluding tert-OH is 1. The molecule has 0 amide bonds. The van der Waals surface area contributed by atoms with E-state index < -0.39 is 16.0 Å². The molecule has 0 spiro atoms. The van der Waals surface area contributed by atoms with E-state index in [2.05, 4.69) is 0 Å². The van der Waals surface area contributed by atoms with Gasteiger partial charge in [-0.25, -0.2) is 13.2 Å². The predicted octanol–water partition coefficient (Wildman–Crippen LogP) is 0.360. The van der Waals surface area contributed by atoms with Crippen molar-refractivity contribution in [3.63, 3.8) is 0 Å². The molecule has 0 aliphatic rings. The van der Waals surface area contributed by atoms with Crippen molar-refractivity contribution in [2.75, 3.05) is 25.4 Å². The number of hydrogen-bond donors (Lipinski definition) is 3. The maximum absolute atomic E-state index is 12.5. The standard InChI is InChI=1S/C12H18N2O5S/c1-2-5-14(6-7-15)20(18,19)11-4-3-9(13)8-10(11)12(16)17/h3-4,8,15H,2,5-7,13H2,1H3,(H,16,17). The molecule has 112 valence electrons. The summed E-state index contributed by atoms with van der Waals surface area (Å²) in [5.74, 6) is -1.36. The first-order valence-corrected chi connectivity index (χ1v) is 7.52. The van der Waals surface area contributed by atoms with E-state index in [-0.39, 0.29) is 35.8 Å². The van der Waals surface area contributed by atoms with Gasteiger partial charge in [0.2, 0.25) is 10.0 Å². The lowest BCUT2D eigenvalue weighted by Gasteiger charge is -2.21. The Morgan fingerprint density at radius 2 is 2.00 bits per heavy atom. The molecule has 7 nitrogen and oxygen atoms in total. The molecule has 0 atom stereocenters. The SMILES string of the molecule is CCCN(CCO)S(=O)(=O)c1ccc(N)cc1C(=O)O. The van der Waals surface area contributed by atoms with Crippen LogP contribution in [-0.2, 0) is 10.0 Å². The molecule has 1 rings (SSSR count). The van der Waals surface area contributed by atoms with Crippen LogP contribution in [0.2, 0.25) is 0 Å². The van der Waals surface area contributed by atoms with Crippen LogP contribution < -0.4 is 5.73 Å². The fraction of sp³-hybridized carbons (Fsp3) is 0.417. The van der Waals surface area contributed by atoms with Gasteiger partial charge in [0.1, 0.15) is 0 Å². The first kappa shape index (κ1) is 16.4. The van der Waals surface area contributed by atoms with Crippen LogP contribution in [0.4, 0.5) is 5.69 Å². The van der Waals surface area contributed by atoms with Crippen molar-refractivity contribution in [2.45, 2.75) is 18.2 Å². The molecular formula is C12H18N2O5S.